The highest BCUT2D eigenvalue weighted by Gasteiger charge is 2.20. The van der Waals surface area contributed by atoms with Gasteiger partial charge in [0, 0.05) is 39.0 Å². The molecule has 162 valence electrons. The Morgan fingerprint density at radius 2 is 2.07 bits per heavy atom. The summed E-state index contributed by atoms with van der Waals surface area (Å²) >= 11 is 0. The number of fused-ring (bicyclic) bond motifs is 1. The van der Waals surface area contributed by atoms with Gasteiger partial charge >= 0.3 is 0 Å². The molecule has 0 radical (unpaired) electrons. The third-order valence-electron chi connectivity index (χ3n) is 5.50. The van der Waals surface area contributed by atoms with Crippen LogP contribution in [0.4, 0.5) is 5.69 Å². The van der Waals surface area contributed by atoms with Gasteiger partial charge in [-0.15, -0.1) is 0 Å². The Balaban J connectivity index is 2.23. The van der Waals surface area contributed by atoms with Crippen molar-refractivity contribution in [2.45, 2.75) is 45.3 Å². The molecule has 1 saturated heterocycles. The van der Waals surface area contributed by atoms with Crippen LogP contribution in [0.25, 0.3) is 11.0 Å². The van der Waals surface area contributed by atoms with E-state index < -0.39 is 12.0 Å². The van der Waals surface area contributed by atoms with E-state index in [0.29, 0.717) is 24.9 Å². The average Bonchev–Trinajstić information content (AvgIpc) is 3.26. The Morgan fingerprint density at radius 1 is 1.33 bits per heavy atom. The van der Waals surface area contributed by atoms with Crippen molar-refractivity contribution < 1.29 is 19.8 Å². The van der Waals surface area contributed by atoms with Crippen molar-refractivity contribution in [1.82, 2.24) is 14.9 Å². The fraction of sp³-hybridized carbons (Fsp3) is 0.524. The van der Waals surface area contributed by atoms with E-state index in [0.717, 1.165) is 42.7 Å². The predicted molar refractivity (Wildman–Crippen MR) is 113 cm³/mol. The number of amides is 2. The third kappa shape index (κ3) is 4.52. The number of aliphatic hydroxyl groups excluding tert-OH is 2. The van der Waals surface area contributed by atoms with Gasteiger partial charge < -0.3 is 25.0 Å². The Morgan fingerprint density at radius 3 is 2.70 bits per heavy atom. The maximum absolute atomic E-state index is 12.5. The summed E-state index contributed by atoms with van der Waals surface area (Å²) < 4.78 is 1.76. The van der Waals surface area contributed by atoms with Gasteiger partial charge in [-0.25, -0.2) is 4.98 Å². The first kappa shape index (κ1) is 21.9. The van der Waals surface area contributed by atoms with Gasteiger partial charge in [0.05, 0.1) is 17.1 Å². The highest BCUT2D eigenvalue weighted by atomic mass is 16.3. The minimum atomic E-state index is -0.707. The Bertz CT molecular complexity index is 995. The molecule has 0 aliphatic carbocycles. The molecule has 0 saturated carbocycles. The fourth-order valence-electron chi connectivity index (χ4n) is 3.94. The van der Waals surface area contributed by atoms with Crippen molar-refractivity contribution >= 4 is 29.0 Å². The normalized spacial score (nSPS) is 15.6. The third-order valence-corrected chi connectivity index (χ3v) is 5.50. The Kier molecular flexibility index (Phi) is 7.17. The number of aromatic nitrogens is 2. The van der Waals surface area contributed by atoms with E-state index in [1.54, 1.807) is 4.57 Å². The lowest BCUT2D eigenvalue weighted by molar-refractivity contribution is -0.107. The first-order valence-corrected chi connectivity index (χ1v) is 10.3. The summed E-state index contributed by atoms with van der Waals surface area (Å²) in [5, 5.41) is 21.8. The zero-order valence-corrected chi connectivity index (χ0v) is 17.5. The Hall–Kier alpha value is -2.78. The van der Waals surface area contributed by atoms with Crippen LogP contribution in [0.1, 0.15) is 41.7 Å². The molecule has 2 aromatic rings. The van der Waals surface area contributed by atoms with Crippen molar-refractivity contribution in [2.75, 3.05) is 31.6 Å². The van der Waals surface area contributed by atoms with Crippen LogP contribution in [0, 0.1) is 6.92 Å². The quantitative estimate of drug-likeness (QED) is 0.540. The molecule has 9 heteroatoms. The number of nitrogens with zero attached hydrogens (tertiary/aromatic N) is 4. The average molecular weight is 415 g/mol. The molecule has 0 spiro atoms. The topological polar surface area (TPSA) is 120 Å². The molecular formula is C21H29N5O4. The summed E-state index contributed by atoms with van der Waals surface area (Å²) in [5.41, 5.74) is 3.73. The largest absolute Gasteiger partial charge is 0.396 e. The Labute approximate surface area is 175 Å². The molecule has 2 heterocycles. The maximum Gasteiger partial charge on any atom is 0.273 e. The fourth-order valence-corrected chi connectivity index (χ4v) is 3.94. The summed E-state index contributed by atoms with van der Waals surface area (Å²) in [6, 6.07) is 3.97. The van der Waals surface area contributed by atoms with Gasteiger partial charge in [0.15, 0.2) is 11.2 Å². The molecule has 1 aromatic heterocycles. The van der Waals surface area contributed by atoms with Crippen LogP contribution in [0.3, 0.4) is 0 Å². The number of anilines is 1. The van der Waals surface area contributed by atoms with Crippen molar-refractivity contribution in [3.05, 3.63) is 28.9 Å². The van der Waals surface area contributed by atoms with Gasteiger partial charge in [-0.05, 0) is 50.3 Å². The van der Waals surface area contributed by atoms with Crippen LogP contribution in [0.15, 0.2) is 17.1 Å². The molecule has 1 unspecified atom stereocenters. The summed E-state index contributed by atoms with van der Waals surface area (Å²) in [4.78, 5) is 34.5. The van der Waals surface area contributed by atoms with Gasteiger partial charge in [-0.3, -0.25) is 9.59 Å². The summed E-state index contributed by atoms with van der Waals surface area (Å²) in [7, 11) is 1.50. The number of carbonyl (C=O) groups excluding carboxylic acids is 2. The predicted octanol–water partition coefficient (Wildman–Crippen LogP) is 0.495. The number of benzene rings is 1. The van der Waals surface area contributed by atoms with Crippen molar-refractivity contribution in [2.24, 2.45) is 4.99 Å². The van der Waals surface area contributed by atoms with Crippen molar-refractivity contribution in [3.8, 4) is 0 Å². The zero-order valence-electron chi connectivity index (χ0n) is 17.5. The lowest BCUT2D eigenvalue weighted by atomic mass is 10.1. The number of hydrogen-bond donors (Lipinski definition) is 3. The standard InChI is InChI=1S/C21H29N5O4/c1-14-11-16-18(12-17(14)25-7-3-4-8-25)26(9-5-15(29)6-10-27)20(23-13-28)19(24-16)21(30)22-2/h11-13,15,27,29H,3-10H2,1-2H3,(H,22,30). The van der Waals surface area contributed by atoms with Crippen LogP contribution in [-0.2, 0) is 11.3 Å². The van der Waals surface area contributed by atoms with E-state index in [1.807, 2.05) is 19.1 Å². The second-order valence-corrected chi connectivity index (χ2v) is 7.53. The monoisotopic (exact) mass is 415 g/mol. The number of aliphatic hydroxyl groups is 2. The first-order chi connectivity index (χ1) is 14.5. The van der Waals surface area contributed by atoms with Gasteiger partial charge in [-0.1, -0.05) is 0 Å². The molecule has 1 aliphatic rings. The zero-order chi connectivity index (χ0) is 21.7. The molecule has 3 rings (SSSR count). The van der Waals surface area contributed by atoms with Crippen LogP contribution >= 0.6 is 0 Å². The number of hydrogen-bond acceptors (Lipinski definition) is 6. The molecule has 1 aliphatic heterocycles. The highest BCUT2D eigenvalue weighted by molar-refractivity contribution is 5.94. The van der Waals surface area contributed by atoms with Gasteiger partial charge in [0.1, 0.15) is 0 Å². The number of nitrogens with one attached hydrogen (secondary N) is 1. The van der Waals surface area contributed by atoms with Crippen LogP contribution < -0.4 is 15.7 Å². The van der Waals surface area contributed by atoms with E-state index in [4.69, 9.17) is 5.11 Å². The van der Waals surface area contributed by atoms with Crippen LogP contribution in [-0.4, -0.2) is 64.9 Å². The maximum atomic E-state index is 12.5. The lowest BCUT2D eigenvalue weighted by Gasteiger charge is -2.22. The molecule has 1 fully saturated rings. The van der Waals surface area contributed by atoms with E-state index in [-0.39, 0.29) is 24.2 Å². The lowest BCUT2D eigenvalue weighted by Crippen LogP contribution is -2.35. The molecule has 0 bridgehead atoms. The summed E-state index contributed by atoms with van der Waals surface area (Å²) in [6.07, 6.45) is 2.57. The second kappa shape index (κ2) is 9.82. The molecule has 1 atom stereocenters. The van der Waals surface area contributed by atoms with Gasteiger partial charge in [0.25, 0.3) is 5.91 Å². The van der Waals surface area contributed by atoms with E-state index in [1.165, 1.54) is 7.05 Å². The molecule has 3 N–H and O–H groups in total. The molecule has 9 nitrogen and oxygen atoms in total. The first-order valence-electron chi connectivity index (χ1n) is 10.3. The number of rotatable bonds is 8. The molecule has 30 heavy (non-hydrogen) atoms. The van der Waals surface area contributed by atoms with Crippen molar-refractivity contribution in [3.63, 3.8) is 0 Å². The van der Waals surface area contributed by atoms with E-state index >= 15 is 0 Å². The van der Waals surface area contributed by atoms with E-state index in [9.17, 15) is 14.7 Å². The number of aryl methyl sites for hydroxylation is 2. The van der Waals surface area contributed by atoms with Crippen LogP contribution in [0.5, 0.6) is 0 Å². The molecular weight excluding hydrogens is 386 g/mol. The summed E-state index contributed by atoms with van der Waals surface area (Å²) in [6.45, 7) is 4.19. The van der Waals surface area contributed by atoms with Gasteiger partial charge in [-0.2, -0.15) is 4.99 Å². The smallest absolute Gasteiger partial charge is 0.273 e. The molecule has 1 aromatic carbocycles. The summed E-state index contributed by atoms with van der Waals surface area (Å²) in [5.74, 6) is -0.441. The minimum Gasteiger partial charge on any atom is -0.396 e. The van der Waals surface area contributed by atoms with E-state index in [2.05, 4.69) is 20.2 Å². The second-order valence-electron chi connectivity index (χ2n) is 7.53. The molecule has 2 amide bonds. The SMILES string of the molecule is CNC(=O)c1nc2cc(C)c(N3CCCC3)cc2n(CCC(O)CCO)c1=NC=O. The highest BCUT2D eigenvalue weighted by Crippen LogP contribution is 2.28. The van der Waals surface area contributed by atoms with Crippen molar-refractivity contribution in [1.29, 1.82) is 0 Å². The minimum absolute atomic E-state index is 0.0575. The van der Waals surface area contributed by atoms with Gasteiger partial charge in [0.2, 0.25) is 6.41 Å². The van der Waals surface area contributed by atoms with Crippen LogP contribution in [0.2, 0.25) is 0 Å². The number of carbonyl (C=O) groups is 2.